The summed E-state index contributed by atoms with van der Waals surface area (Å²) in [7, 11) is 0. The highest BCUT2D eigenvalue weighted by atomic mass is 35.5. The van der Waals surface area contributed by atoms with Gasteiger partial charge in [0.2, 0.25) is 0 Å². The van der Waals surface area contributed by atoms with Gasteiger partial charge in [-0.3, -0.25) is 10.1 Å². The number of hydrogen-bond acceptors (Lipinski definition) is 2. The van der Waals surface area contributed by atoms with Gasteiger partial charge >= 0.3 is 0 Å². The Labute approximate surface area is 62.4 Å². The Bertz CT molecular complexity index is 244. The third kappa shape index (κ3) is 1.45. The average Bonchev–Trinajstić information content (AvgIpc) is 1.88. The summed E-state index contributed by atoms with van der Waals surface area (Å²) < 4.78 is 0. The van der Waals surface area contributed by atoms with Gasteiger partial charge in [0.15, 0.2) is 0 Å². The summed E-state index contributed by atoms with van der Waals surface area (Å²) in [5.74, 6) is 0. The molecule has 0 saturated carbocycles. The first-order chi connectivity index (χ1) is 4.70. The molecule has 52 valence electrons. The van der Waals surface area contributed by atoms with Gasteiger partial charge in [-0.15, -0.1) is 0 Å². The molecule has 0 aliphatic rings. The first-order valence-electron chi connectivity index (χ1n) is 2.60. The Morgan fingerprint density at radius 2 is 1.80 bits per heavy atom. The second-order valence-corrected chi connectivity index (χ2v) is 2.17. The number of rotatable bonds is 1. The molecule has 0 N–H and O–H groups in total. The molecule has 0 unspecified atom stereocenters. The number of hydrogen-bond donors (Lipinski definition) is 0. The molecule has 0 saturated heterocycles. The van der Waals surface area contributed by atoms with Crippen molar-refractivity contribution in [3.05, 3.63) is 39.4 Å². The van der Waals surface area contributed by atoms with Gasteiger partial charge in [0.25, 0.3) is 5.69 Å². The first-order valence-corrected chi connectivity index (χ1v) is 2.98. The lowest BCUT2D eigenvalue weighted by Gasteiger charge is -1.88. The van der Waals surface area contributed by atoms with E-state index in [4.69, 9.17) is 11.6 Å². The summed E-state index contributed by atoms with van der Waals surface area (Å²) in [6.45, 7) is 0. The van der Waals surface area contributed by atoms with Crippen LogP contribution in [0.25, 0.3) is 0 Å². The molecule has 4 heteroatoms. The van der Waals surface area contributed by atoms with Crippen LogP contribution in [0, 0.1) is 10.1 Å². The Kier molecular flexibility index (Phi) is 1.87. The fourth-order valence-corrected chi connectivity index (χ4v) is 0.689. The highest BCUT2D eigenvalue weighted by Crippen LogP contribution is 2.14. The van der Waals surface area contributed by atoms with Gasteiger partial charge in [0.05, 0.1) is 4.92 Å². The lowest BCUT2D eigenvalue weighted by molar-refractivity contribution is -0.384. The van der Waals surface area contributed by atoms with Gasteiger partial charge in [-0.2, -0.15) is 0 Å². The third-order valence-corrected chi connectivity index (χ3v) is 1.29. The lowest BCUT2D eigenvalue weighted by atomic mass is 11.3. The Hall–Kier alpha value is -1.09. The van der Waals surface area contributed by atoms with Crippen molar-refractivity contribution in [2.45, 2.75) is 0 Å². The minimum Gasteiger partial charge on any atom is -0.258 e. The van der Waals surface area contributed by atoms with Crippen LogP contribution in [0.2, 0.25) is 5.02 Å². The van der Waals surface area contributed by atoms with E-state index in [0.717, 1.165) is 0 Å². The normalized spacial score (nSPS) is 9.30. The van der Waals surface area contributed by atoms with Crippen LogP contribution < -0.4 is 0 Å². The van der Waals surface area contributed by atoms with Crippen LogP contribution in [-0.4, -0.2) is 4.92 Å². The molecule has 1 rings (SSSR count). The molecule has 1 aromatic carbocycles. The largest absolute Gasteiger partial charge is 0.269 e. The van der Waals surface area contributed by atoms with Crippen LogP contribution >= 0.6 is 11.6 Å². The molecule has 10 heavy (non-hydrogen) atoms. The van der Waals surface area contributed by atoms with Gasteiger partial charge in [0.1, 0.15) is 0 Å². The number of non-ortho nitro benzene ring substituents is 1. The monoisotopic (exact) mass is 163 g/mol. The standard InChI is InChI=1S/C6H4ClNO2/c7-5-1-3-6(4-2-5)8(9)10/h1-4H/i1+1,2+1,3+1,4+1,5+1,6+1. The second kappa shape index (κ2) is 2.66. The van der Waals surface area contributed by atoms with Crippen LogP contribution in [0.4, 0.5) is 5.69 Å². The van der Waals surface area contributed by atoms with E-state index in [1.807, 2.05) is 0 Å². The number of benzene rings is 1. The highest BCUT2D eigenvalue weighted by molar-refractivity contribution is 6.30. The molecule has 1 aromatic rings. The maximum atomic E-state index is 10.1. The van der Waals surface area contributed by atoms with Crippen molar-refractivity contribution in [2.75, 3.05) is 0 Å². The average molecular weight is 164 g/mol. The van der Waals surface area contributed by atoms with Gasteiger partial charge in [-0.05, 0) is 12.1 Å². The summed E-state index contributed by atoms with van der Waals surface area (Å²) in [6, 6.07) is 5.70. The van der Waals surface area contributed by atoms with E-state index in [1.54, 1.807) is 0 Å². The molecule has 0 spiro atoms. The molecule has 0 radical (unpaired) electrons. The van der Waals surface area contributed by atoms with E-state index in [1.165, 1.54) is 24.3 Å². The van der Waals surface area contributed by atoms with Gasteiger partial charge in [-0.25, -0.2) is 0 Å². The molecule has 0 aliphatic carbocycles. The Balaban J connectivity index is 3.00. The van der Waals surface area contributed by atoms with E-state index in [0.29, 0.717) is 5.02 Å². The van der Waals surface area contributed by atoms with Crippen LogP contribution in [0.5, 0.6) is 0 Å². The SMILES string of the molecule is O=[N+]([O-])[13c]1[13cH][13cH][13c](Cl)[13cH][13cH]1. The van der Waals surface area contributed by atoms with Crippen molar-refractivity contribution in [3.8, 4) is 0 Å². The van der Waals surface area contributed by atoms with E-state index < -0.39 is 4.92 Å². The molecule has 0 aromatic heterocycles. The maximum Gasteiger partial charge on any atom is 0.269 e. The van der Waals surface area contributed by atoms with Crippen molar-refractivity contribution in [3.63, 3.8) is 0 Å². The number of halogens is 1. The first kappa shape index (κ1) is 7.02. The third-order valence-electron chi connectivity index (χ3n) is 1.04. The predicted octanol–water partition coefficient (Wildman–Crippen LogP) is 2.25. The topological polar surface area (TPSA) is 43.1 Å². The van der Waals surface area contributed by atoms with Crippen molar-refractivity contribution in [2.24, 2.45) is 0 Å². The van der Waals surface area contributed by atoms with E-state index >= 15 is 0 Å². The summed E-state index contributed by atoms with van der Waals surface area (Å²) in [4.78, 5) is 9.61. The quantitative estimate of drug-likeness (QED) is 0.471. The van der Waals surface area contributed by atoms with Crippen LogP contribution in [0.1, 0.15) is 0 Å². The van der Waals surface area contributed by atoms with E-state index in [-0.39, 0.29) is 5.69 Å². The van der Waals surface area contributed by atoms with Gasteiger partial charge in [-0.1, -0.05) is 11.6 Å². The van der Waals surface area contributed by atoms with Crippen LogP contribution in [0.3, 0.4) is 0 Å². The zero-order valence-electron chi connectivity index (χ0n) is 4.95. The van der Waals surface area contributed by atoms with Crippen molar-refractivity contribution in [1.82, 2.24) is 0 Å². The smallest absolute Gasteiger partial charge is 0.258 e. The second-order valence-electron chi connectivity index (χ2n) is 1.73. The van der Waals surface area contributed by atoms with Gasteiger partial charge in [0, 0.05) is 17.2 Å². The lowest BCUT2D eigenvalue weighted by Crippen LogP contribution is -1.85. The predicted molar refractivity (Wildman–Crippen MR) is 38.1 cm³/mol. The molecular formula is C6H4ClNO2. The van der Waals surface area contributed by atoms with Crippen molar-refractivity contribution < 1.29 is 4.92 Å². The number of nitrogens with zero attached hydrogens (tertiary/aromatic N) is 1. The fraction of sp³-hybridized carbons (Fsp3) is 0. The molecule has 0 fully saturated rings. The molecular weight excluding hydrogens is 159 g/mol. The summed E-state index contributed by atoms with van der Waals surface area (Å²) in [5.41, 5.74) is 0.0596. The molecule has 0 bridgehead atoms. The number of nitro benzene ring substituents is 1. The number of nitro groups is 1. The molecule has 0 aliphatic heterocycles. The van der Waals surface area contributed by atoms with E-state index in [2.05, 4.69) is 0 Å². The maximum absolute atomic E-state index is 10.1. The zero-order valence-corrected chi connectivity index (χ0v) is 5.71. The molecule has 3 nitrogen and oxygen atoms in total. The summed E-state index contributed by atoms with van der Waals surface area (Å²) in [5, 5.41) is 10.6. The minimum atomic E-state index is -0.462. The van der Waals surface area contributed by atoms with Crippen LogP contribution in [-0.2, 0) is 0 Å². The minimum absolute atomic E-state index is 0.0596. The molecule has 0 amide bonds. The van der Waals surface area contributed by atoms with Crippen molar-refractivity contribution in [1.29, 1.82) is 0 Å². The fourth-order valence-electron chi connectivity index (χ4n) is 0.563. The Morgan fingerprint density at radius 1 is 1.30 bits per heavy atom. The zero-order chi connectivity index (χ0) is 7.56. The van der Waals surface area contributed by atoms with E-state index in [9.17, 15) is 10.1 Å². The summed E-state index contributed by atoms with van der Waals surface area (Å²) >= 11 is 5.49. The Morgan fingerprint density at radius 3 is 2.20 bits per heavy atom. The molecule has 0 atom stereocenters. The van der Waals surface area contributed by atoms with Gasteiger partial charge < -0.3 is 0 Å². The van der Waals surface area contributed by atoms with Crippen LogP contribution in [0.15, 0.2) is 24.3 Å². The molecule has 0 heterocycles. The van der Waals surface area contributed by atoms with Crippen molar-refractivity contribution >= 4 is 17.3 Å². The summed E-state index contributed by atoms with van der Waals surface area (Å²) in [6.07, 6.45) is 0. The highest BCUT2D eigenvalue weighted by Gasteiger charge is 2.01.